The molecule has 0 spiro atoms. The highest BCUT2D eigenvalue weighted by Crippen LogP contribution is 2.40. The molecule has 2 N–H and O–H groups in total. The number of nitro benzene ring substituents is 1. The molecular weight excluding hydrogens is 488 g/mol. The Morgan fingerprint density at radius 1 is 1.05 bits per heavy atom. The van der Waals surface area contributed by atoms with Gasteiger partial charge >= 0.3 is 0 Å². The third-order valence-electron chi connectivity index (χ3n) is 6.21. The smallest absolute Gasteiger partial charge is 0.275 e. The van der Waals surface area contributed by atoms with E-state index < -0.39 is 16.9 Å². The van der Waals surface area contributed by atoms with Crippen molar-refractivity contribution in [2.45, 2.75) is 13.0 Å². The van der Waals surface area contributed by atoms with E-state index in [0.29, 0.717) is 45.8 Å². The van der Waals surface area contributed by atoms with Crippen LogP contribution in [0.15, 0.2) is 84.1 Å². The van der Waals surface area contributed by atoms with Gasteiger partial charge in [-0.2, -0.15) is 4.98 Å². The van der Waals surface area contributed by atoms with Crippen LogP contribution in [0.25, 0.3) is 11.4 Å². The highest BCUT2D eigenvalue weighted by Gasteiger charge is 2.38. The topological polar surface area (TPSA) is 133 Å². The third-order valence-corrected chi connectivity index (χ3v) is 6.21. The minimum Gasteiger partial charge on any atom is -0.497 e. The predicted octanol–water partition coefficient (Wildman–Crippen LogP) is 4.80. The van der Waals surface area contributed by atoms with E-state index in [2.05, 4.69) is 20.7 Å². The first kappa shape index (κ1) is 24.5. The fraction of sp³-hybridized carbons (Fsp3) is 0.148. The zero-order valence-electron chi connectivity index (χ0n) is 20.8. The fourth-order valence-electron chi connectivity index (χ4n) is 4.44. The van der Waals surface area contributed by atoms with Crippen LogP contribution in [0.1, 0.15) is 18.5 Å². The number of rotatable bonds is 7. The van der Waals surface area contributed by atoms with Crippen LogP contribution in [0.5, 0.6) is 11.5 Å². The van der Waals surface area contributed by atoms with Crippen LogP contribution < -0.4 is 20.1 Å². The number of methoxy groups -OCH3 is 2. The quantitative estimate of drug-likeness (QED) is 0.267. The number of ether oxygens (including phenoxy) is 2. The molecule has 11 nitrogen and oxygen atoms in total. The Balaban J connectivity index is 1.65. The minimum absolute atomic E-state index is 0.140. The number of aromatic nitrogens is 3. The number of para-hydroxylation sites is 3. The highest BCUT2D eigenvalue weighted by atomic mass is 16.6. The molecule has 0 saturated carbocycles. The van der Waals surface area contributed by atoms with Gasteiger partial charge in [-0.05, 0) is 37.3 Å². The number of hydrogen-bond donors (Lipinski definition) is 2. The lowest BCUT2D eigenvalue weighted by molar-refractivity contribution is -0.385. The molecule has 4 aromatic rings. The normalized spacial score (nSPS) is 14.3. The molecule has 0 saturated heterocycles. The van der Waals surface area contributed by atoms with E-state index in [1.54, 1.807) is 68.6 Å². The molecule has 38 heavy (non-hydrogen) atoms. The van der Waals surface area contributed by atoms with Crippen LogP contribution in [0.2, 0.25) is 0 Å². The van der Waals surface area contributed by atoms with E-state index in [4.69, 9.17) is 9.47 Å². The van der Waals surface area contributed by atoms with Crippen molar-refractivity contribution >= 4 is 23.2 Å². The van der Waals surface area contributed by atoms with Crippen molar-refractivity contribution < 1.29 is 19.2 Å². The van der Waals surface area contributed by atoms with E-state index in [1.807, 2.05) is 12.1 Å². The second-order valence-electron chi connectivity index (χ2n) is 8.47. The van der Waals surface area contributed by atoms with Gasteiger partial charge in [-0.25, -0.2) is 4.68 Å². The Morgan fingerprint density at radius 3 is 2.58 bits per heavy atom. The van der Waals surface area contributed by atoms with Crippen molar-refractivity contribution in [3.8, 4) is 22.9 Å². The summed E-state index contributed by atoms with van der Waals surface area (Å²) in [6.45, 7) is 1.72. The number of carbonyl (C=O) groups is 1. The van der Waals surface area contributed by atoms with E-state index in [-0.39, 0.29) is 11.3 Å². The van der Waals surface area contributed by atoms with Crippen LogP contribution in [-0.4, -0.2) is 39.8 Å². The first-order valence-corrected chi connectivity index (χ1v) is 11.7. The number of nitrogens with one attached hydrogen (secondary N) is 2. The molecular formula is C27H24N6O5. The molecule has 1 amide bonds. The number of carbonyl (C=O) groups excluding carboxylic acids is 1. The van der Waals surface area contributed by atoms with Crippen molar-refractivity contribution in [2.75, 3.05) is 24.9 Å². The summed E-state index contributed by atoms with van der Waals surface area (Å²) in [5, 5.41) is 22.7. The number of allylic oxidation sites excluding steroid dienone is 1. The lowest BCUT2D eigenvalue weighted by atomic mass is 9.93. The summed E-state index contributed by atoms with van der Waals surface area (Å²) in [7, 11) is 3.08. The number of benzene rings is 3. The SMILES string of the molecule is COc1cccc(-c2nc3n(n2)C(c2ccccc2[N+](=O)[O-])C(C(=O)Nc2ccccc2OC)=C(C)N3)c1. The molecule has 2 heterocycles. The third kappa shape index (κ3) is 4.41. The van der Waals surface area contributed by atoms with Gasteiger partial charge in [0.2, 0.25) is 5.95 Å². The van der Waals surface area contributed by atoms with Crippen molar-refractivity contribution in [1.29, 1.82) is 0 Å². The predicted molar refractivity (Wildman–Crippen MR) is 141 cm³/mol. The molecule has 0 fully saturated rings. The molecule has 1 aromatic heterocycles. The average molecular weight is 513 g/mol. The summed E-state index contributed by atoms with van der Waals surface area (Å²) >= 11 is 0. The van der Waals surface area contributed by atoms with Gasteiger partial charge < -0.3 is 20.1 Å². The summed E-state index contributed by atoms with van der Waals surface area (Å²) < 4.78 is 12.2. The molecule has 1 aliphatic heterocycles. The summed E-state index contributed by atoms with van der Waals surface area (Å²) in [4.78, 5) is 29.9. The molecule has 192 valence electrons. The Bertz CT molecular complexity index is 1580. The van der Waals surface area contributed by atoms with Crippen molar-refractivity contribution in [3.05, 3.63) is 99.7 Å². The van der Waals surface area contributed by atoms with Gasteiger partial charge in [0.1, 0.15) is 17.5 Å². The fourth-order valence-corrected chi connectivity index (χ4v) is 4.44. The van der Waals surface area contributed by atoms with Gasteiger partial charge in [-0.15, -0.1) is 5.10 Å². The number of nitrogens with zero attached hydrogens (tertiary/aromatic N) is 4. The Kier molecular flexibility index (Phi) is 6.48. The van der Waals surface area contributed by atoms with Crippen LogP contribution in [0.4, 0.5) is 17.3 Å². The zero-order chi connectivity index (χ0) is 26.8. The molecule has 11 heteroatoms. The van der Waals surface area contributed by atoms with Gasteiger partial charge in [0.15, 0.2) is 5.82 Å². The molecule has 3 aromatic carbocycles. The summed E-state index contributed by atoms with van der Waals surface area (Å²) in [6.07, 6.45) is 0. The lowest BCUT2D eigenvalue weighted by Gasteiger charge is -2.28. The van der Waals surface area contributed by atoms with Gasteiger partial charge in [0.05, 0.1) is 36.0 Å². The first-order valence-electron chi connectivity index (χ1n) is 11.7. The molecule has 1 atom stereocenters. The minimum atomic E-state index is -0.936. The number of anilines is 2. The molecule has 5 rings (SSSR count). The first-order chi connectivity index (χ1) is 18.4. The second kappa shape index (κ2) is 10.1. The van der Waals surface area contributed by atoms with E-state index in [9.17, 15) is 14.9 Å². The maximum atomic E-state index is 13.8. The molecule has 1 unspecified atom stereocenters. The molecule has 0 bridgehead atoms. The van der Waals surface area contributed by atoms with Crippen molar-refractivity contribution in [3.63, 3.8) is 0 Å². The van der Waals surface area contributed by atoms with Crippen LogP contribution in [0.3, 0.4) is 0 Å². The number of hydrogen-bond acceptors (Lipinski definition) is 8. The van der Waals surface area contributed by atoms with E-state index in [1.165, 1.54) is 17.9 Å². The molecule has 0 aliphatic carbocycles. The Hall–Kier alpha value is -5.19. The van der Waals surface area contributed by atoms with Gasteiger partial charge in [0, 0.05) is 17.3 Å². The standard InChI is InChI=1S/C27H24N6O5/c1-16-23(26(34)29-20-12-5-7-14-22(20)38-3)24(19-11-4-6-13-21(19)33(35)36)32-27(28-16)30-25(31-32)17-9-8-10-18(15-17)37-2/h4-15,24H,1-3H3,(H,29,34)(H,28,30,31). The van der Waals surface area contributed by atoms with E-state index >= 15 is 0 Å². The highest BCUT2D eigenvalue weighted by molar-refractivity contribution is 6.06. The van der Waals surface area contributed by atoms with Gasteiger partial charge in [-0.3, -0.25) is 14.9 Å². The van der Waals surface area contributed by atoms with Crippen LogP contribution in [-0.2, 0) is 4.79 Å². The Morgan fingerprint density at radius 2 is 1.82 bits per heavy atom. The average Bonchev–Trinajstić information content (AvgIpc) is 3.36. The molecule has 0 radical (unpaired) electrons. The second-order valence-corrected chi connectivity index (χ2v) is 8.47. The van der Waals surface area contributed by atoms with Crippen molar-refractivity contribution in [1.82, 2.24) is 14.8 Å². The largest absolute Gasteiger partial charge is 0.497 e. The molecule has 1 aliphatic rings. The summed E-state index contributed by atoms with van der Waals surface area (Å²) in [5.74, 6) is 1.36. The summed E-state index contributed by atoms with van der Waals surface area (Å²) in [6, 6.07) is 19.6. The summed E-state index contributed by atoms with van der Waals surface area (Å²) in [5.41, 5.74) is 2.04. The van der Waals surface area contributed by atoms with Gasteiger partial charge in [0.25, 0.3) is 11.6 Å². The number of nitro groups is 1. The van der Waals surface area contributed by atoms with Crippen molar-refractivity contribution in [2.24, 2.45) is 0 Å². The van der Waals surface area contributed by atoms with E-state index in [0.717, 1.165) is 0 Å². The van der Waals surface area contributed by atoms with Crippen LogP contribution >= 0.6 is 0 Å². The monoisotopic (exact) mass is 512 g/mol. The van der Waals surface area contributed by atoms with Crippen LogP contribution in [0, 0.1) is 10.1 Å². The number of fused-ring (bicyclic) bond motifs is 1. The zero-order valence-corrected chi connectivity index (χ0v) is 20.8. The lowest BCUT2D eigenvalue weighted by Crippen LogP contribution is -2.32. The maximum Gasteiger partial charge on any atom is 0.275 e. The van der Waals surface area contributed by atoms with Gasteiger partial charge in [-0.1, -0.05) is 36.4 Å². The Labute approximate surface area is 217 Å². The number of amides is 1. The maximum absolute atomic E-state index is 13.8.